The maximum Gasteiger partial charge on any atom is 0.120 e. The third-order valence-electron chi connectivity index (χ3n) is 2.24. The van der Waals surface area contributed by atoms with Gasteiger partial charge in [-0.15, -0.1) is 0 Å². The van der Waals surface area contributed by atoms with Gasteiger partial charge < -0.3 is 14.5 Å². The molecule has 86 valence electrons. The lowest BCUT2D eigenvalue weighted by molar-refractivity contribution is 0.0788. The normalized spacial score (nSPS) is 13.3. The van der Waals surface area contributed by atoms with Crippen LogP contribution in [0.5, 0.6) is 0 Å². The van der Waals surface area contributed by atoms with E-state index in [1.807, 2.05) is 26.0 Å². The maximum absolute atomic E-state index is 5.46. The molecule has 0 aliphatic heterocycles. The van der Waals surface area contributed by atoms with Crippen LogP contribution in [0.1, 0.15) is 39.0 Å². The fourth-order valence-electron chi connectivity index (χ4n) is 1.46. The van der Waals surface area contributed by atoms with Crippen molar-refractivity contribution >= 4 is 0 Å². The zero-order valence-corrected chi connectivity index (χ0v) is 9.82. The summed E-state index contributed by atoms with van der Waals surface area (Å²) in [7, 11) is 0. The molecule has 1 N–H and O–H groups in total. The van der Waals surface area contributed by atoms with E-state index in [1.165, 1.54) is 0 Å². The van der Waals surface area contributed by atoms with Gasteiger partial charge in [-0.2, -0.15) is 0 Å². The molecule has 1 heterocycles. The number of ether oxygens (including phenoxy) is 1. The molecule has 0 aliphatic rings. The smallest absolute Gasteiger partial charge is 0.120 e. The number of hydrogen-bond donors (Lipinski definition) is 1. The lowest BCUT2D eigenvalue weighted by Gasteiger charge is -2.15. The van der Waals surface area contributed by atoms with Gasteiger partial charge in [0.15, 0.2) is 0 Å². The number of hydrogen-bond acceptors (Lipinski definition) is 3. The third kappa shape index (κ3) is 4.49. The average molecular weight is 211 g/mol. The molecule has 0 aliphatic carbocycles. The summed E-state index contributed by atoms with van der Waals surface area (Å²) < 4.78 is 10.8. The first kappa shape index (κ1) is 12.3. The summed E-state index contributed by atoms with van der Waals surface area (Å²) in [6.45, 7) is 7.84. The quantitative estimate of drug-likeness (QED) is 0.704. The second-order valence-electron chi connectivity index (χ2n) is 3.85. The van der Waals surface area contributed by atoms with E-state index in [1.54, 1.807) is 6.26 Å². The van der Waals surface area contributed by atoms with Crippen LogP contribution < -0.4 is 5.32 Å². The van der Waals surface area contributed by atoms with Gasteiger partial charge in [-0.25, -0.2) is 0 Å². The number of nitrogens with one attached hydrogen (secondary N) is 1. The molecule has 0 aromatic carbocycles. The van der Waals surface area contributed by atoms with Gasteiger partial charge in [0.25, 0.3) is 0 Å². The molecular formula is C12H21NO2. The molecule has 0 spiro atoms. The predicted molar refractivity (Wildman–Crippen MR) is 60.8 cm³/mol. The second kappa shape index (κ2) is 6.64. The van der Waals surface area contributed by atoms with Crippen LogP contribution in [0.2, 0.25) is 0 Å². The van der Waals surface area contributed by atoms with Crippen molar-refractivity contribution in [3.63, 3.8) is 0 Å². The van der Waals surface area contributed by atoms with E-state index in [0.29, 0.717) is 12.1 Å². The van der Waals surface area contributed by atoms with Gasteiger partial charge in [0, 0.05) is 6.54 Å². The maximum atomic E-state index is 5.46. The number of furan rings is 1. The van der Waals surface area contributed by atoms with E-state index in [-0.39, 0.29) is 0 Å². The van der Waals surface area contributed by atoms with Crippen LogP contribution >= 0.6 is 0 Å². The summed E-state index contributed by atoms with van der Waals surface area (Å²) in [5.41, 5.74) is 0. The summed E-state index contributed by atoms with van der Waals surface area (Å²) in [5.74, 6) is 1.00. The topological polar surface area (TPSA) is 34.4 Å². The van der Waals surface area contributed by atoms with Gasteiger partial charge in [0.1, 0.15) is 5.76 Å². The highest BCUT2D eigenvalue weighted by molar-refractivity contribution is 5.03. The van der Waals surface area contributed by atoms with Gasteiger partial charge in [0.05, 0.1) is 25.0 Å². The Morgan fingerprint density at radius 3 is 2.80 bits per heavy atom. The van der Waals surface area contributed by atoms with Gasteiger partial charge in [-0.3, -0.25) is 0 Å². The molecule has 0 radical (unpaired) electrons. The Labute approximate surface area is 91.8 Å². The Morgan fingerprint density at radius 2 is 2.27 bits per heavy atom. The summed E-state index contributed by atoms with van der Waals surface area (Å²) in [6, 6.07) is 4.23. The summed E-state index contributed by atoms with van der Waals surface area (Å²) >= 11 is 0. The van der Waals surface area contributed by atoms with E-state index >= 15 is 0 Å². The lowest BCUT2D eigenvalue weighted by atomic mass is 10.2. The molecule has 1 unspecified atom stereocenters. The monoisotopic (exact) mass is 211 g/mol. The molecule has 1 aromatic heterocycles. The van der Waals surface area contributed by atoms with Crippen LogP contribution in [0.3, 0.4) is 0 Å². The predicted octanol–water partition coefficient (Wildman–Crippen LogP) is 2.75. The Bertz CT molecular complexity index is 244. The standard InChI is InChI=1S/C12H21NO2/c1-4-11(12-6-5-8-15-12)13-7-9-14-10(2)3/h5-6,8,10-11,13H,4,7,9H2,1-3H3. The van der Waals surface area contributed by atoms with Crippen LogP contribution in [0.15, 0.2) is 22.8 Å². The van der Waals surface area contributed by atoms with E-state index in [2.05, 4.69) is 12.2 Å². The second-order valence-corrected chi connectivity index (χ2v) is 3.85. The van der Waals surface area contributed by atoms with Crippen molar-refractivity contribution in [2.24, 2.45) is 0 Å². The molecule has 0 bridgehead atoms. The van der Waals surface area contributed by atoms with Crippen molar-refractivity contribution < 1.29 is 9.15 Å². The first-order valence-electron chi connectivity index (χ1n) is 5.62. The van der Waals surface area contributed by atoms with E-state index in [9.17, 15) is 0 Å². The zero-order chi connectivity index (χ0) is 11.1. The minimum absolute atomic E-state index is 0.301. The van der Waals surface area contributed by atoms with Crippen LogP contribution in [0.25, 0.3) is 0 Å². The largest absolute Gasteiger partial charge is 0.468 e. The molecule has 15 heavy (non-hydrogen) atoms. The molecule has 0 fully saturated rings. The van der Waals surface area contributed by atoms with Crippen molar-refractivity contribution in [3.8, 4) is 0 Å². The van der Waals surface area contributed by atoms with E-state index < -0.39 is 0 Å². The minimum Gasteiger partial charge on any atom is -0.468 e. The number of rotatable bonds is 7. The molecule has 1 aromatic rings. The molecule has 0 saturated carbocycles. The van der Waals surface area contributed by atoms with Gasteiger partial charge in [-0.1, -0.05) is 6.92 Å². The minimum atomic E-state index is 0.301. The Balaban J connectivity index is 2.23. The van der Waals surface area contributed by atoms with Crippen molar-refractivity contribution in [1.29, 1.82) is 0 Å². The summed E-state index contributed by atoms with van der Waals surface area (Å²) in [5, 5.41) is 3.41. The summed E-state index contributed by atoms with van der Waals surface area (Å²) in [6.07, 6.45) is 3.04. The van der Waals surface area contributed by atoms with Crippen LogP contribution in [0.4, 0.5) is 0 Å². The molecule has 3 heteroatoms. The van der Waals surface area contributed by atoms with E-state index in [0.717, 1.165) is 25.3 Å². The van der Waals surface area contributed by atoms with Crippen molar-refractivity contribution in [2.75, 3.05) is 13.2 Å². The van der Waals surface area contributed by atoms with Crippen molar-refractivity contribution in [3.05, 3.63) is 24.2 Å². The first-order valence-corrected chi connectivity index (χ1v) is 5.62. The van der Waals surface area contributed by atoms with Crippen molar-refractivity contribution in [2.45, 2.75) is 39.3 Å². The van der Waals surface area contributed by atoms with E-state index in [4.69, 9.17) is 9.15 Å². The van der Waals surface area contributed by atoms with Crippen LogP contribution in [-0.2, 0) is 4.74 Å². The molecular weight excluding hydrogens is 190 g/mol. The van der Waals surface area contributed by atoms with Crippen LogP contribution in [0, 0.1) is 0 Å². The van der Waals surface area contributed by atoms with Crippen LogP contribution in [-0.4, -0.2) is 19.3 Å². The first-order chi connectivity index (χ1) is 7.24. The zero-order valence-electron chi connectivity index (χ0n) is 9.82. The molecule has 0 saturated heterocycles. The van der Waals surface area contributed by atoms with Gasteiger partial charge >= 0.3 is 0 Å². The van der Waals surface area contributed by atoms with Gasteiger partial charge in [-0.05, 0) is 32.4 Å². The Kier molecular flexibility index (Phi) is 5.43. The third-order valence-corrected chi connectivity index (χ3v) is 2.24. The van der Waals surface area contributed by atoms with Crippen molar-refractivity contribution in [1.82, 2.24) is 5.32 Å². The molecule has 0 amide bonds. The van der Waals surface area contributed by atoms with Gasteiger partial charge in [0.2, 0.25) is 0 Å². The highest BCUT2D eigenvalue weighted by Crippen LogP contribution is 2.16. The Morgan fingerprint density at radius 1 is 1.47 bits per heavy atom. The summed E-state index contributed by atoms with van der Waals surface area (Å²) in [4.78, 5) is 0. The highest BCUT2D eigenvalue weighted by atomic mass is 16.5. The molecule has 1 rings (SSSR count). The SMILES string of the molecule is CCC(NCCOC(C)C)c1ccco1. The molecule has 1 atom stereocenters. The highest BCUT2D eigenvalue weighted by Gasteiger charge is 2.10. The lowest BCUT2D eigenvalue weighted by Crippen LogP contribution is -2.25. The fourth-order valence-corrected chi connectivity index (χ4v) is 1.46. The molecule has 3 nitrogen and oxygen atoms in total. The Hall–Kier alpha value is -0.800. The fraction of sp³-hybridized carbons (Fsp3) is 0.667. The average Bonchev–Trinajstić information content (AvgIpc) is 2.70.